The lowest BCUT2D eigenvalue weighted by Gasteiger charge is -2.34. The molecule has 4 heterocycles. The van der Waals surface area contributed by atoms with Gasteiger partial charge in [0.1, 0.15) is 17.8 Å². The molecule has 0 unspecified atom stereocenters. The van der Waals surface area contributed by atoms with Crippen molar-refractivity contribution in [2.24, 2.45) is 0 Å². The SMILES string of the molecule is CCn1c(=O)c(-c2ccc(-c3cncnc3)cc2Cl)cc2cnc(Nc3ccc(N4CCN(C)CC4)c(F)c3)nc21. The molecule has 11 heteroatoms. The maximum atomic E-state index is 15.0. The molecule has 1 fully saturated rings. The maximum absolute atomic E-state index is 15.0. The summed E-state index contributed by atoms with van der Waals surface area (Å²) in [6.07, 6.45) is 6.53. The number of nitrogens with zero attached hydrogens (tertiary/aromatic N) is 7. The number of hydrogen-bond donors (Lipinski definition) is 1. The third kappa shape index (κ3) is 5.36. The third-order valence-electron chi connectivity index (χ3n) is 7.34. The summed E-state index contributed by atoms with van der Waals surface area (Å²) in [6.45, 7) is 5.62. The van der Waals surface area contributed by atoms with Crippen LogP contribution in [0.5, 0.6) is 0 Å². The average molecular weight is 571 g/mol. The van der Waals surface area contributed by atoms with Gasteiger partial charge in [-0.3, -0.25) is 9.36 Å². The zero-order valence-corrected chi connectivity index (χ0v) is 23.4. The van der Waals surface area contributed by atoms with Gasteiger partial charge in [0.05, 0.1) is 5.69 Å². The van der Waals surface area contributed by atoms with Gasteiger partial charge in [0, 0.05) is 84.1 Å². The first-order valence-corrected chi connectivity index (χ1v) is 13.7. The molecule has 0 amide bonds. The molecule has 0 saturated carbocycles. The molecule has 0 radical (unpaired) electrons. The molecule has 208 valence electrons. The summed E-state index contributed by atoms with van der Waals surface area (Å²) in [6, 6.07) is 12.3. The number of hydrogen-bond acceptors (Lipinski definition) is 8. The van der Waals surface area contributed by atoms with Crippen molar-refractivity contribution in [1.29, 1.82) is 0 Å². The van der Waals surface area contributed by atoms with Crippen LogP contribution in [0, 0.1) is 5.82 Å². The number of aryl methyl sites for hydroxylation is 1. The van der Waals surface area contributed by atoms with E-state index < -0.39 is 0 Å². The Morgan fingerprint density at radius 3 is 2.44 bits per heavy atom. The van der Waals surface area contributed by atoms with Gasteiger partial charge >= 0.3 is 0 Å². The Morgan fingerprint density at radius 2 is 1.73 bits per heavy atom. The van der Waals surface area contributed by atoms with Gasteiger partial charge in [-0.25, -0.2) is 19.3 Å². The number of rotatable bonds is 6. The number of pyridine rings is 1. The van der Waals surface area contributed by atoms with Gasteiger partial charge < -0.3 is 15.1 Å². The van der Waals surface area contributed by atoms with E-state index in [4.69, 9.17) is 11.6 Å². The Bertz CT molecular complexity index is 1790. The highest BCUT2D eigenvalue weighted by atomic mass is 35.5. The number of fused-ring (bicyclic) bond motifs is 1. The number of benzene rings is 2. The number of aromatic nitrogens is 5. The molecule has 5 aromatic rings. The molecule has 0 bridgehead atoms. The van der Waals surface area contributed by atoms with E-state index in [-0.39, 0.29) is 17.3 Å². The van der Waals surface area contributed by atoms with Gasteiger partial charge in [0.25, 0.3) is 5.56 Å². The number of piperazine rings is 1. The lowest BCUT2D eigenvalue weighted by Crippen LogP contribution is -2.44. The second-order valence-corrected chi connectivity index (χ2v) is 10.4. The summed E-state index contributed by atoms with van der Waals surface area (Å²) in [5, 5.41) is 4.20. The number of likely N-dealkylation sites (N-methyl/N-ethyl adjacent to an activating group) is 1. The van der Waals surface area contributed by atoms with Crippen molar-refractivity contribution in [3.8, 4) is 22.3 Å². The van der Waals surface area contributed by atoms with Gasteiger partial charge in [0.2, 0.25) is 5.95 Å². The van der Waals surface area contributed by atoms with E-state index in [0.29, 0.717) is 45.1 Å². The highest BCUT2D eigenvalue weighted by Gasteiger charge is 2.19. The van der Waals surface area contributed by atoms with E-state index in [1.54, 1.807) is 41.4 Å². The highest BCUT2D eigenvalue weighted by molar-refractivity contribution is 6.33. The van der Waals surface area contributed by atoms with Crippen LogP contribution in [0.2, 0.25) is 5.02 Å². The van der Waals surface area contributed by atoms with E-state index >= 15 is 4.39 Å². The van der Waals surface area contributed by atoms with E-state index in [1.807, 2.05) is 25.1 Å². The molecule has 9 nitrogen and oxygen atoms in total. The Balaban J connectivity index is 1.30. The van der Waals surface area contributed by atoms with Crippen molar-refractivity contribution in [3.63, 3.8) is 0 Å². The van der Waals surface area contributed by atoms with Gasteiger partial charge in [-0.2, -0.15) is 4.98 Å². The van der Waals surface area contributed by atoms with Crippen molar-refractivity contribution in [2.75, 3.05) is 43.4 Å². The van der Waals surface area contributed by atoms with Crippen molar-refractivity contribution in [3.05, 3.63) is 88.6 Å². The molecule has 1 aliphatic heterocycles. The Hall–Kier alpha value is -4.41. The van der Waals surface area contributed by atoms with E-state index in [1.165, 1.54) is 12.4 Å². The zero-order valence-electron chi connectivity index (χ0n) is 22.7. The second-order valence-electron chi connectivity index (χ2n) is 9.98. The summed E-state index contributed by atoms with van der Waals surface area (Å²) >= 11 is 6.66. The maximum Gasteiger partial charge on any atom is 0.260 e. The van der Waals surface area contributed by atoms with E-state index in [2.05, 4.69) is 42.1 Å². The van der Waals surface area contributed by atoms with Crippen LogP contribution in [0.15, 0.2) is 72.2 Å². The predicted molar refractivity (Wildman–Crippen MR) is 160 cm³/mol. The van der Waals surface area contributed by atoms with Crippen LogP contribution >= 0.6 is 11.6 Å². The molecule has 3 aromatic heterocycles. The smallest absolute Gasteiger partial charge is 0.260 e. The first kappa shape index (κ1) is 26.8. The number of anilines is 3. The van der Waals surface area contributed by atoms with Crippen LogP contribution in [0.3, 0.4) is 0 Å². The first-order valence-electron chi connectivity index (χ1n) is 13.4. The van der Waals surface area contributed by atoms with E-state index in [0.717, 1.165) is 37.3 Å². The second kappa shape index (κ2) is 11.2. The van der Waals surface area contributed by atoms with Gasteiger partial charge in [-0.05, 0) is 49.9 Å². The standard InChI is InChI=1S/C30H28ClFN8O/c1-3-40-28-20(12-24(29(40)41)23-6-4-19(13-25(23)31)21-15-33-18-34-16-21)17-35-30(37-28)36-22-5-7-27(26(32)14-22)39-10-8-38(2)9-11-39/h4-7,12-18H,3,8-11H2,1-2H3,(H,35,36,37). The molecular formula is C30H28ClFN8O. The number of nitrogens with one attached hydrogen (secondary N) is 1. The predicted octanol–water partition coefficient (Wildman–Crippen LogP) is 5.22. The summed E-state index contributed by atoms with van der Waals surface area (Å²) in [5.74, 6) is -0.0378. The molecule has 1 N–H and O–H groups in total. The van der Waals surface area contributed by atoms with Gasteiger partial charge in [-0.15, -0.1) is 0 Å². The third-order valence-corrected chi connectivity index (χ3v) is 7.66. The molecule has 0 atom stereocenters. The van der Waals surface area contributed by atoms with Gasteiger partial charge in [-0.1, -0.05) is 23.7 Å². The van der Waals surface area contributed by atoms with Gasteiger partial charge in [0.15, 0.2) is 0 Å². The molecule has 0 aliphatic carbocycles. The zero-order chi connectivity index (χ0) is 28.5. The number of halogens is 2. The van der Waals surface area contributed by atoms with Crippen LogP contribution in [0.1, 0.15) is 6.92 Å². The molecule has 1 aliphatic rings. The largest absolute Gasteiger partial charge is 0.367 e. The Morgan fingerprint density at radius 1 is 0.951 bits per heavy atom. The van der Waals surface area contributed by atoms with Crippen molar-refractivity contribution < 1.29 is 4.39 Å². The summed E-state index contributed by atoms with van der Waals surface area (Å²) in [4.78, 5) is 35.1. The summed E-state index contributed by atoms with van der Waals surface area (Å²) in [5.41, 5.74) is 4.10. The molecule has 1 saturated heterocycles. The molecule has 2 aromatic carbocycles. The molecule has 41 heavy (non-hydrogen) atoms. The first-order chi connectivity index (χ1) is 19.9. The monoisotopic (exact) mass is 570 g/mol. The molecular weight excluding hydrogens is 543 g/mol. The fourth-order valence-electron chi connectivity index (χ4n) is 5.08. The summed E-state index contributed by atoms with van der Waals surface area (Å²) in [7, 11) is 2.07. The van der Waals surface area contributed by atoms with Crippen LogP contribution < -0.4 is 15.8 Å². The highest BCUT2D eigenvalue weighted by Crippen LogP contribution is 2.32. The van der Waals surface area contributed by atoms with Crippen molar-refractivity contribution >= 4 is 40.0 Å². The fraction of sp³-hybridized carbons (Fsp3) is 0.233. The quantitative estimate of drug-likeness (QED) is 0.297. The van der Waals surface area contributed by atoms with Crippen LogP contribution in [-0.2, 0) is 6.54 Å². The van der Waals surface area contributed by atoms with E-state index in [9.17, 15) is 4.79 Å². The van der Waals surface area contributed by atoms with Crippen LogP contribution in [0.4, 0.5) is 21.7 Å². The Labute approximate surface area is 241 Å². The lowest BCUT2D eigenvalue weighted by molar-refractivity contribution is 0.311. The van der Waals surface area contributed by atoms with Crippen LogP contribution in [0.25, 0.3) is 33.3 Å². The minimum atomic E-state index is -0.307. The minimum absolute atomic E-state index is 0.218. The fourth-order valence-corrected chi connectivity index (χ4v) is 5.37. The Kier molecular flexibility index (Phi) is 7.34. The van der Waals surface area contributed by atoms with Crippen molar-refractivity contribution in [2.45, 2.75) is 13.5 Å². The van der Waals surface area contributed by atoms with Crippen molar-refractivity contribution in [1.82, 2.24) is 29.4 Å². The average Bonchev–Trinajstić information content (AvgIpc) is 2.98. The molecule has 0 spiro atoms. The summed E-state index contributed by atoms with van der Waals surface area (Å²) < 4.78 is 16.6. The molecule has 6 rings (SSSR count). The van der Waals surface area contributed by atoms with Crippen LogP contribution in [-0.4, -0.2) is 62.6 Å². The topological polar surface area (TPSA) is 92.1 Å². The lowest BCUT2D eigenvalue weighted by atomic mass is 10.0. The minimum Gasteiger partial charge on any atom is -0.367 e. The normalized spacial score (nSPS) is 14.0.